The molecule has 1 heterocycles. The van der Waals surface area contributed by atoms with Crippen LogP contribution in [0, 0.1) is 5.92 Å². The van der Waals surface area contributed by atoms with Crippen LogP contribution in [0.1, 0.15) is 13.8 Å². The standard InChI is InChI=1S/C12H15NO6S/c1-7(2)10(12(14)15)13-20(16,17)9-5-3-4-8-11(9)19-6-18-8/h3-5,7,10,13H,6H2,1-2H3,(H,14,15)/t10-/m0/s1. The van der Waals surface area contributed by atoms with Gasteiger partial charge in [0.2, 0.25) is 16.8 Å². The van der Waals surface area contributed by atoms with Crippen LogP contribution in [0.2, 0.25) is 0 Å². The van der Waals surface area contributed by atoms with E-state index in [4.69, 9.17) is 14.6 Å². The first-order valence-electron chi connectivity index (χ1n) is 5.96. The minimum absolute atomic E-state index is 0.0611. The molecular formula is C12H15NO6S. The summed E-state index contributed by atoms with van der Waals surface area (Å²) in [6, 6.07) is 3.22. The van der Waals surface area contributed by atoms with E-state index in [1.54, 1.807) is 19.9 Å². The van der Waals surface area contributed by atoms with E-state index in [1.807, 2.05) is 0 Å². The van der Waals surface area contributed by atoms with Crippen molar-refractivity contribution in [1.29, 1.82) is 0 Å². The van der Waals surface area contributed by atoms with Crippen LogP contribution in [0.25, 0.3) is 0 Å². The quantitative estimate of drug-likeness (QED) is 0.834. The van der Waals surface area contributed by atoms with Crippen LogP contribution in [0.3, 0.4) is 0 Å². The molecule has 1 aromatic carbocycles. The van der Waals surface area contributed by atoms with Crippen molar-refractivity contribution in [2.75, 3.05) is 6.79 Å². The van der Waals surface area contributed by atoms with Crippen molar-refractivity contribution in [3.05, 3.63) is 18.2 Å². The van der Waals surface area contributed by atoms with Gasteiger partial charge in [-0.05, 0) is 18.1 Å². The molecule has 2 rings (SSSR count). The molecule has 1 aliphatic heterocycles. The number of carboxylic acid groups (broad SMARTS) is 1. The second kappa shape index (κ2) is 5.29. The maximum atomic E-state index is 12.3. The maximum Gasteiger partial charge on any atom is 0.322 e. The van der Waals surface area contributed by atoms with Crippen molar-refractivity contribution >= 4 is 16.0 Å². The molecule has 0 unspecified atom stereocenters. The van der Waals surface area contributed by atoms with Gasteiger partial charge in [0, 0.05) is 0 Å². The molecule has 2 N–H and O–H groups in total. The Morgan fingerprint density at radius 3 is 2.65 bits per heavy atom. The van der Waals surface area contributed by atoms with Crippen LogP contribution in [-0.2, 0) is 14.8 Å². The highest BCUT2D eigenvalue weighted by Crippen LogP contribution is 2.37. The molecule has 1 aromatic rings. The molecule has 20 heavy (non-hydrogen) atoms. The normalized spacial score (nSPS) is 15.3. The Hall–Kier alpha value is -1.80. The first-order chi connectivity index (χ1) is 9.33. The lowest BCUT2D eigenvalue weighted by Gasteiger charge is -2.18. The summed E-state index contributed by atoms with van der Waals surface area (Å²) in [6.07, 6.45) is 0. The summed E-state index contributed by atoms with van der Waals surface area (Å²) in [4.78, 5) is 11.0. The monoisotopic (exact) mass is 301 g/mol. The van der Waals surface area contributed by atoms with Crippen LogP contribution in [-0.4, -0.2) is 32.3 Å². The van der Waals surface area contributed by atoms with Crippen molar-refractivity contribution in [3.8, 4) is 11.5 Å². The molecule has 0 amide bonds. The van der Waals surface area contributed by atoms with E-state index in [-0.39, 0.29) is 17.4 Å². The highest BCUT2D eigenvalue weighted by molar-refractivity contribution is 7.89. The van der Waals surface area contributed by atoms with Gasteiger partial charge in [-0.25, -0.2) is 8.42 Å². The average Bonchev–Trinajstić information content (AvgIpc) is 2.83. The minimum Gasteiger partial charge on any atom is -0.480 e. The number of carbonyl (C=O) groups is 1. The zero-order valence-electron chi connectivity index (χ0n) is 11.0. The van der Waals surface area contributed by atoms with E-state index in [0.717, 1.165) is 0 Å². The van der Waals surface area contributed by atoms with E-state index in [0.29, 0.717) is 5.75 Å². The van der Waals surface area contributed by atoms with Crippen LogP contribution in [0.4, 0.5) is 0 Å². The fourth-order valence-electron chi connectivity index (χ4n) is 1.82. The van der Waals surface area contributed by atoms with Crippen molar-refractivity contribution in [3.63, 3.8) is 0 Å². The minimum atomic E-state index is -4.01. The van der Waals surface area contributed by atoms with Gasteiger partial charge in [0.1, 0.15) is 10.9 Å². The van der Waals surface area contributed by atoms with Crippen LogP contribution in [0.15, 0.2) is 23.1 Å². The molecule has 0 aromatic heterocycles. The van der Waals surface area contributed by atoms with Gasteiger partial charge >= 0.3 is 5.97 Å². The molecule has 0 saturated heterocycles. The van der Waals surface area contributed by atoms with Crippen LogP contribution in [0.5, 0.6) is 11.5 Å². The molecule has 0 bridgehead atoms. The number of hydrogen-bond acceptors (Lipinski definition) is 5. The molecule has 0 spiro atoms. The number of rotatable bonds is 5. The summed E-state index contributed by atoms with van der Waals surface area (Å²) in [5, 5.41) is 9.06. The van der Waals surface area contributed by atoms with Crippen molar-refractivity contribution < 1.29 is 27.8 Å². The second-order valence-corrected chi connectivity index (χ2v) is 6.35. The highest BCUT2D eigenvalue weighted by Gasteiger charge is 2.32. The molecule has 1 atom stereocenters. The zero-order chi connectivity index (χ0) is 14.9. The number of sulfonamides is 1. The molecule has 0 saturated carbocycles. The third kappa shape index (κ3) is 2.70. The summed E-state index contributed by atoms with van der Waals surface area (Å²) in [7, 11) is -4.01. The summed E-state index contributed by atoms with van der Waals surface area (Å²) in [5.74, 6) is -1.19. The fourth-order valence-corrected chi connectivity index (χ4v) is 3.31. The SMILES string of the molecule is CC(C)[C@H](NS(=O)(=O)c1cccc2c1OCO2)C(=O)O. The first kappa shape index (κ1) is 14.6. The number of benzene rings is 1. The third-order valence-electron chi connectivity index (χ3n) is 2.86. The third-order valence-corrected chi connectivity index (χ3v) is 4.33. The van der Waals surface area contributed by atoms with Gasteiger partial charge in [-0.3, -0.25) is 4.79 Å². The topological polar surface area (TPSA) is 102 Å². The number of para-hydroxylation sites is 1. The van der Waals surface area contributed by atoms with Crippen molar-refractivity contribution in [2.45, 2.75) is 24.8 Å². The Morgan fingerprint density at radius 1 is 1.35 bits per heavy atom. The molecule has 110 valence electrons. The van der Waals surface area contributed by atoms with Crippen molar-refractivity contribution in [2.24, 2.45) is 5.92 Å². The van der Waals surface area contributed by atoms with E-state index in [9.17, 15) is 13.2 Å². The lowest BCUT2D eigenvalue weighted by Crippen LogP contribution is -2.44. The molecular weight excluding hydrogens is 286 g/mol. The van der Waals surface area contributed by atoms with Gasteiger partial charge < -0.3 is 14.6 Å². The largest absolute Gasteiger partial charge is 0.480 e. The fraction of sp³-hybridized carbons (Fsp3) is 0.417. The van der Waals surface area contributed by atoms with Gasteiger partial charge in [-0.2, -0.15) is 4.72 Å². The summed E-state index contributed by atoms with van der Waals surface area (Å²) >= 11 is 0. The van der Waals surface area contributed by atoms with E-state index in [2.05, 4.69) is 4.72 Å². The Kier molecular flexibility index (Phi) is 3.87. The zero-order valence-corrected chi connectivity index (χ0v) is 11.8. The van der Waals surface area contributed by atoms with Gasteiger partial charge in [0.15, 0.2) is 11.5 Å². The predicted octanol–water partition coefficient (Wildman–Crippen LogP) is 0.803. The summed E-state index contributed by atoms with van der Waals surface area (Å²) in [6.45, 7) is 3.18. The lowest BCUT2D eigenvalue weighted by molar-refractivity contribution is -0.140. The smallest absolute Gasteiger partial charge is 0.322 e. The predicted molar refractivity (Wildman–Crippen MR) is 69.1 cm³/mol. The number of ether oxygens (including phenoxy) is 2. The maximum absolute atomic E-state index is 12.3. The first-order valence-corrected chi connectivity index (χ1v) is 7.45. The molecule has 1 aliphatic rings. The van der Waals surface area contributed by atoms with Gasteiger partial charge in [0.25, 0.3) is 0 Å². The van der Waals surface area contributed by atoms with Gasteiger partial charge in [0.05, 0.1) is 0 Å². The van der Waals surface area contributed by atoms with Crippen molar-refractivity contribution in [1.82, 2.24) is 4.72 Å². The Bertz CT molecular complexity index is 625. The number of fused-ring (bicyclic) bond motifs is 1. The molecule has 0 aliphatic carbocycles. The van der Waals surface area contributed by atoms with Gasteiger partial charge in [-0.1, -0.05) is 19.9 Å². The number of hydrogen-bond donors (Lipinski definition) is 2. The second-order valence-electron chi connectivity index (χ2n) is 4.67. The van der Waals surface area contributed by atoms with E-state index >= 15 is 0 Å². The number of nitrogens with one attached hydrogen (secondary N) is 1. The highest BCUT2D eigenvalue weighted by atomic mass is 32.2. The average molecular weight is 301 g/mol. The molecule has 8 heteroatoms. The van der Waals surface area contributed by atoms with E-state index in [1.165, 1.54) is 12.1 Å². The van der Waals surface area contributed by atoms with Gasteiger partial charge in [-0.15, -0.1) is 0 Å². The molecule has 0 fully saturated rings. The number of carboxylic acids is 1. The molecule has 0 radical (unpaired) electrons. The number of aliphatic carboxylic acids is 1. The van der Waals surface area contributed by atoms with Crippen LogP contribution < -0.4 is 14.2 Å². The lowest BCUT2D eigenvalue weighted by atomic mass is 10.1. The Labute approximate surface area is 116 Å². The Morgan fingerprint density at radius 2 is 2.05 bits per heavy atom. The summed E-state index contributed by atoms with van der Waals surface area (Å²) < 4.78 is 37.0. The molecule has 7 nitrogen and oxygen atoms in total. The summed E-state index contributed by atoms with van der Waals surface area (Å²) in [5.41, 5.74) is 0. The van der Waals surface area contributed by atoms with Crippen LogP contribution >= 0.6 is 0 Å². The Balaban J connectivity index is 2.37. The van der Waals surface area contributed by atoms with E-state index < -0.39 is 28.0 Å².